The third-order valence-corrected chi connectivity index (χ3v) is 3.10. The fourth-order valence-corrected chi connectivity index (χ4v) is 1.59. The van der Waals surface area contributed by atoms with Gasteiger partial charge in [0, 0.05) is 12.6 Å². The number of hydrogen-bond donors (Lipinski definition) is 3. The third kappa shape index (κ3) is 4.44. The molecule has 0 fully saturated rings. The van der Waals surface area contributed by atoms with Crippen LogP contribution in [0.5, 0.6) is 5.75 Å². The van der Waals surface area contributed by atoms with Crippen LogP contribution in [0.4, 0.5) is 10.5 Å². The molecule has 0 heterocycles. The molecular weight excluding hydrogens is 244 g/mol. The molecule has 2 unspecified atom stereocenters. The summed E-state index contributed by atoms with van der Waals surface area (Å²) in [6, 6.07) is 5.15. The van der Waals surface area contributed by atoms with Crippen molar-refractivity contribution in [1.82, 2.24) is 5.32 Å². The zero-order valence-electron chi connectivity index (χ0n) is 11.9. The Morgan fingerprint density at radius 2 is 2.11 bits per heavy atom. The van der Waals surface area contributed by atoms with Gasteiger partial charge in [-0.1, -0.05) is 13.0 Å². The van der Waals surface area contributed by atoms with Crippen molar-refractivity contribution in [3.8, 4) is 5.75 Å². The molecule has 5 nitrogen and oxygen atoms in total. The summed E-state index contributed by atoms with van der Waals surface area (Å²) in [4.78, 5) is 11.9. The Hall–Kier alpha value is -1.75. The number of aliphatic hydroxyl groups excluding tert-OH is 1. The van der Waals surface area contributed by atoms with Gasteiger partial charge >= 0.3 is 6.03 Å². The molecular formula is C14H22N2O3. The minimum atomic E-state index is -0.309. The SMILES string of the molecule is COc1ccc(C)cc1NC(=O)NC(C)C(C)CO. The molecule has 1 aromatic rings. The number of benzene rings is 1. The molecule has 2 amide bonds. The average molecular weight is 266 g/mol. The monoisotopic (exact) mass is 266 g/mol. The number of nitrogens with one attached hydrogen (secondary N) is 2. The standard InChI is InChI=1S/C14H22N2O3/c1-9-5-6-13(19-4)12(7-9)16-14(18)15-11(3)10(2)8-17/h5-7,10-11,17H,8H2,1-4H3,(H2,15,16,18). The molecule has 1 aromatic carbocycles. The molecule has 2 atom stereocenters. The van der Waals surface area contributed by atoms with Gasteiger partial charge < -0.3 is 20.5 Å². The maximum absolute atomic E-state index is 11.9. The zero-order chi connectivity index (χ0) is 14.4. The highest BCUT2D eigenvalue weighted by Crippen LogP contribution is 2.25. The molecule has 0 spiro atoms. The first-order chi connectivity index (χ1) is 8.97. The van der Waals surface area contributed by atoms with Crippen LogP contribution in [0.2, 0.25) is 0 Å². The lowest BCUT2D eigenvalue weighted by atomic mass is 10.1. The molecule has 3 N–H and O–H groups in total. The Balaban J connectivity index is 2.69. The van der Waals surface area contributed by atoms with Gasteiger partial charge in [-0.2, -0.15) is 0 Å². The second kappa shape index (κ2) is 6.99. The highest BCUT2D eigenvalue weighted by atomic mass is 16.5. The minimum Gasteiger partial charge on any atom is -0.495 e. The summed E-state index contributed by atoms with van der Waals surface area (Å²) in [5.74, 6) is 0.619. The topological polar surface area (TPSA) is 70.6 Å². The maximum Gasteiger partial charge on any atom is 0.319 e. The molecule has 1 rings (SSSR count). The van der Waals surface area contributed by atoms with Crippen LogP contribution >= 0.6 is 0 Å². The van der Waals surface area contributed by atoms with Crippen LogP contribution in [0.1, 0.15) is 19.4 Å². The van der Waals surface area contributed by atoms with Gasteiger partial charge in [-0.3, -0.25) is 0 Å². The normalized spacial score (nSPS) is 13.5. The number of carbonyl (C=O) groups is 1. The van der Waals surface area contributed by atoms with Crippen LogP contribution < -0.4 is 15.4 Å². The summed E-state index contributed by atoms with van der Waals surface area (Å²) >= 11 is 0. The van der Waals surface area contributed by atoms with Crippen LogP contribution in [-0.4, -0.2) is 30.9 Å². The maximum atomic E-state index is 11.9. The van der Waals surface area contributed by atoms with E-state index in [1.165, 1.54) is 0 Å². The van der Waals surface area contributed by atoms with E-state index in [4.69, 9.17) is 9.84 Å². The van der Waals surface area contributed by atoms with Gasteiger partial charge in [0.25, 0.3) is 0 Å². The van der Waals surface area contributed by atoms with Crippen molar-refractivity contribution in [1.29, 1.82) is 0 Å². The van der Waals surface area contributed by atoms with E-state index >= 15 is 0 Å². The van der Waals surface area contributed by atoms with Gasteiger partial charge in [0.2, 0.25) is 0 Å². The quantitative estimate of drug-likeness (QED) is 0.764. The lowest BCUT2D eigenvalue weighted by Crippen LogP contribution is -2.40. The molecule has 0 saturated heterocycles. The number of urea groups is 1. The molecule has 0 bridgehead atoms. The Morgan fingerprint density at radius 3 is 2.68 bits per heavy atom. The van der Waals surface area contributed by atoms with Crippen molar-refractivity contribution in [2.45, 2.75) is 26.8 Å². The predicted octanol–water partition coefficient (Wildman–Crippen LogP) is 2.14. The Morgan fingerprint density at radius 1 is 1.42 bits per heavy atom. The molecule has 0 aromatic heterocycles. The molecule has 0 aliphatic rings. The van der Waals surface area contributed by atoms with Gasteiger partial charge in [-0.15, -0.1) is 0 Å². The van der Waals surface area contributed by atoms with E-state index in [-0.39, 0.29) is 24.6 Å². The molecule has 19 heavy (non-hydrogen) atoms. The largest absolute Gasteiger partial charge is 0.495 e. The van der Waals surface area contributed by atoms with Gasteiger partial charge in [-0.25, -0.2) is 4.79 Å². The number of rotatable bonds is 5. The van der Waals surface area contributed by atoms with Crippen LogP contribution in [0.25, 0.3) is 0 Å². The number of hydrogen-bond acceptors (Lipinski definition) is 3. The zero-order valence-corrected chi connectivity index (χ0v) is 11.9. The van der Waals surface area contributed by atoms with Crippen LogP contribution in [0.15, 0.2) is 18.2 Å². The van der Waals surface area contributed by atoms with Crippen molar-refractivity contribution in [3.63, 3.8) is 0 Å². The van der Waals surface area contributed by atoms with Crippen LogP contribution in [0, 0.1) is 12.8 Å². The summed E-state index contributed by atoms with van der Waals surface area (Å²) < 4.78 is 5.19. The summed E-state index contributed by atoms with van der Waals surface area (Å²) in [6.45, 7) is 5.71. The minimum absolute atomic E-state index is 0.00477. The number of aliphatic hydroxyl groups is 1. The van der Waals surface area contributed by atoms with Crippen molar-refractivity contribution in [3.05, 3.63) is 23.8 Å². The molecule has 106 valence electrons. The Labute approximate surface area is 114 Å². The molecule has 0 aliphatic heterocycles. The van der Waals surface area contributed by atoms with E-state index < -0.39 is 0 Å². The summed E-state index contributed by atoms with van der Waals surface area (Å²) in [5.41, 5.74) is 1.66. The van der Waals surface area contributed by atoms with Crippen molar-refractivity contribution < 1.29 is 14.6 Å². The summed E-state index contributed by atoms with van der Waals surface area (Å²) in [5, 5.41) is 14.6. The summed E-state index contributed by atoms with van der Waals surface area (Å²) in [7, 11) is 1.56. The van der Waals surface area contributed by atoms with E-state index in [1.54, 1.807) is 7.11 Å². The first kappa shape index (κ1) is 15.3. The van der Waals surface area contributed by atoms with Crippen LogP contribution in [0.3, 0.4) is 0 Å². The molecule has 0 radical (unpaired) electrons. The average Bonchev–Trinajstić information content (AvgIpc) is 2.37. The second-order valence-corrected chi connectivity index (χ2v) is 4.75. The third-order valence-electron chi connectivity index (χ3n) is 3.10. The van der Waals surface area contributed by atoms with Crippen molar-refractivity contribution in [2.24, 2.45) is 5.92 Å². The fourth-order valence-electron chi connectivity index (χ4n) is 1.59. The first-order valence-electron chi connectivity index (χ1n) is 6.31. The molecule has 5 heteroatoms. The number of amides is 2. The summed E-state index contributed by atoms with van der Waals surface area (Å²) in [6.07, 6.45) is 0. The predicted molar refractivity (Wildman–Crippen MR) is 75.6 cm³/mol. The van der Waals surface area contributed by atoms with Gasteiger partial charge in [0.05, 0.1) is 12.8 Å². The van der Waals surface area contributed by atoms with E-state index in [2.05, 4.69) is 10.6 Å². The number of aryl methyl sites for hydroxylation is 1. The number of methoxy groups -OCH3 is 1. The van der Waals surface area contributed by atoms with Gasteiger partial charge in [-0.05, 0) is 37.5 Å². The molecule has 0 aliphatic carbocycles. The highest BCUT2D eigenvalue weighted by molar-refractivity contribution is 5.91. The lowest BCUT2D eigenvalue weighted by molar-refractivity contribution is 0.204. The van der Waals surface area contributed by atoms with E-state index in [0.29, 0.717) is 11.4 Å². The van der Waals surface area contributed by atoms with Crippen LogP contribution in [-0.2, 0) is 0 Å². The number of ether oxygens (including phenoxy) is 1. The number of anilines is 1. The second-order valence-electron chi connectivity index (χ2n) is 4.75. The Bertz CT molecular complexity index is 435. The number of carbonyl (C=O) groups excluding carboxylic acids is 1. The van der Waals surface area contributed by atoms with E-state index in [1.807, 2.05) is 39.0 Å². The van der Waals surface area contributed by atoms with Gasteiger partial charge in [0.1, 0.15) is 5.75 Å². The smallest absolute Gasteiger partial charge is 0.319 e. The fraction of sp³-hybridized carbons (Fsp3) is 0.500. The Kier molecular flexibility index (Phi) is 5.63. The van der Waals surface area contributed by atoms with Crippen molar-refractivity contribution in [2.75, 3.05) is 19.0 Å². The van der Waals surface area contributed by atoms with Gasteiger partial charge in [0.15, 0.2) is 0 Å². The molecule has 0 saturated carbocycles. The van der Waals surface area contributed by atoms with E-state index in [9.17, 15) is 4.79 Å². The lowest BCUT2D eigenvalue weighted by Gasteiger charge is -2.20. The van der Waals surface area contributed by atoms with Crippen molar-refractivity contribution >= 4 is 11.7 Å². The highest BCUT2D eigenvalue weighted by Gasteiger charge is 2.15. The first-order valence-corrected chi connectivity index (χ1v) is 6.31. The van der Waals surface area contributed by atoms with E-state index in [0.717, 1.165) is 5.56 Å².